The third kappa shape index (κ3) is 3.40. The van der Waals surface area contributed by atoms with E-state index in [1.807, 2.05) is 27.8 Å². The van der Waals surface area contributed by atoms with Gasteiger partial charge in [-0.1, -0.05) is 11.8 Å². The van der Waals surface area contributed by atoms with Crippen molar-refractivity contribution in [1.82, 2.24) is 24.7 Å². The number of carboxylic acid groups (broad SMARTS) is 1. The van der Waals surface area contributed by atoms with Crippen LogP contribution in [0.2, 0.25) is 0 Å². The van der Waals surface area contributed by atoms with E-state index in [0.29, 0.717) is 16.7 Å². The van der Waals surface area contributed by atoms with Crippen LogP contribution in [0.5, 0.6) is 0 Å². The molecule has 1 N–H and O–H groups in total. The minimum atomic E-state index is -0.937. The molecule has 0 spiro atoms. The van der Waals surface area contributed by atoms with Crippen molar-refractivity contribution in [2.24, 2.45) is 12.1 Å². The Balaban J connectivity index is 2.05. The number of thioether (sulfide) groups is 1. The van der Waals surface area contributed by atoms with Gasteiger partial charge in [0.05, 0.1) is 29.5 Å². The molecule has 0 saturated heterocycles. The third-order valence-corrected chi connectivity index (χ3v) is 4.81. The molecule has 0 radical (unpaired) electrons. The van der Waals surface area contributed by atoms with Crippen LogP contribution in [-0.2, 0) is 11.8 Å². The maximum Gasteiger partial charge on any atom is 0.313 e. The number of hydrogen-bond donors (Lipinski definition) is 1. The fourth-order valence-electron chi connectivity index (χ4n) is 2.46. The minimum absolute atomic E-state index is 0.136. The average molecular weight is 374 g/mol. The SMILES string of the molecule is Cc1nn(C)c(C)c1/C=N\n1c(SCC(=O)O)nnc1-c1ccoc1C. The van der Waals surface area contributed by atoms with Gasteiger partial charge in [-0.2, -0.15) is 14.9 Å². The molecular formula is C16H18N6O3S. The molecule has 136 valence electrons. The lowest BCUT2D eigenvalue weighted by Crippen LogP contribution is -2.02. The van der Waals surface area contributed by atoms with Crippen molar-refractivity contribution < 1.29 is 14.3 Å². The van der Waals surface area contributed by atoms with E-state index in [4.69, 9.17) is 9.52 Å². The molecule has 0 bridgehead atoms. The number of carbonyl (C=O) groups is 1. The Morgan fingerprint density at radius 2 is 2.15 bits per heavy atom. The van der Waals surface area contributed by atoms with Gasteiger partial charge >= 0.3 is 5.97 Å². The molecule has 9 nitrogen and oxygen atoms in total. The fourth-order valence-corrected chi connectivity index (χ4v) is 3.07. The molecule has 0 saturated carbocycles. The highest BCUT2D eigenvalue weighted by Crippen LogP contribution is 2.27. The first-order chi connectivity index (χ1) is 12.4. The summed E-state index contributed by atoms with van der Waals surface area (Å²) in [4.78, 5) is 10.9. The fraction of sp³-hybridized carbons (Fsp3) is 0.312. The zero-order valence-electron chi connectivity index (χ0n) is 14.8. The molecule has 3 rings (SSSR count). The van der Waals surface area contributed by atoms with Crippen LogP contribution in [0.4, 0.5) is 0 Å². The number of rotatable bonds is 6. The summed E-state index contributed by atoms with van der Waals surface area (Å²) >= 11 is 1.05. The first kappa shape index (κ1) is 17.9. The van der Waals surface area contributed by atoms with Gasteiger partial charge in [0.1, 0.15) is 5.76 Å². The normalized spacial score (nSPS) is 11.5. The maximum atomic E-state index is 10.9. The quantitative estimate of drug-likeness (QED) is 0.520. The van der Waals surface area contributed by atoms with Gasteiger partial charge in [-0.3, -0.25) is 9.48 Å². The highest BCUT2D eigenvalue weighted by molar-refractivity contribution is 7.99. The molecule has 0 aliphatic heterocycles. The Labute approximate surface area is 153 Å². The van der Waals surface area contributed by atoms with E-state index in [2.05, 4.69) is 20.4 Å². The Bertz CT molecular complexity index is 984. The van der Waals surface area contributed by atoms with Crippen molar-refractivity contribution in [2.75, 3.05) is 5.75 Å². The first-order valence-corrected chi connectivity index (χ1v) is 8.76. The molecule has 0 aromatic carbocycles. The molecule has 3 aromatic heterocycles. The standard InChI is InChI=1S/C16H18N6O3S/c1-9-13(10(2)21(4)20-9)7-17-22-15(12-5-6-25-11(12)3)18-19-16(22)26-8-14(23)24/h5-7H,8H2,1-4H3,(H,23,24)/b17-7-. The molecule has 0 amide bonds. The summed E-state index contributed by atoms with van der Waals surface area (Å²) in [6, 6.07) is 1.78. The third-order valence-electron chi connectivity index (χ3n) is 3.90. The minimum Gasteiger partial charge on any atom is -0.481 e. The number of aliphatic carboxylic acids is 1. The van der Waals surface area contributed by atoms with Gasteiger partial charge in [-0.05, 0) is 26.8 Å². The lowest BCUT2D eigenvalue weighted by molar-refractivity contribution is -0.133. The lowest BCUT2D eigenvalue weighted by Gasteiger charge is -2.03. The smallest absolute Gasteiger partial charge is 0.313 e. The molecule has 0 unspecified atom stereocenters. The zero-order valence-corrected chi connectivity index (χ0v) is 15.6. The van der Waals surface area contributed by atoms with Gasteiger partial charge < -0.3 is 9.52 Å². The first-order valence-electron chi connectivity index (χ1n) is 7.77. The van der Waals surface area contributed by atoms with E-state index >= 15 is 0 Å². The predicted octanol–water partition coefficient (Wildman–Crippen LogP) is 2.26. The average Bonchev–Trinajstić information content (AvgIpc) is 3.23. The number of hydrogen-bond acceptors (Lipinski definition) is 7. The van der Waals surface area contributed by atoms with Crippen LogP contribution < -0.4 is 0 Å². The van der Waals surface area contributed by atoms with Gasteiger partial charge in [0.15, 0.2) is 5.82 Å². The number of aromatic nitrogens is 5. The molecule has 0 aliphatic carbocycles. The Morgan fingerprint density at radius 3 is 2.73 bits per heavy atom. The second kappa shape index (κ2) is 7.16. The van der Waals surface area contributed by atoms with E-state index in [0.717, 1.165) is 34.3 Å². The Morgan fingerprint density at radius 1 is 1.38 bits per heavy atom. The van der Waals surface area contributed by atoms with E-state index in [1.165, 1.54) is 4.68 Å². The van der Waals surface area contributed by atoms with E-state index < -0.39 is 5.97 Å². The summed E-state index contributed by atoms with van der Waals surface area (Å²) in [6.07, 6.45) is 3.25. The predicted molar refractivity (Wildman–Crippen MR) is 96.5 cm³/mol. The van der Waals surface area contributed by atoms with Crippen LogP contribution in [-0.4, -0.2) is 47.7 Å². The molecule has 3 aromatic rings. The second-order valence-corrected chi connectivity index (χ2v) is 6.59. The zero-order chi connectivity index (χ0) is 18.8. The molecule has 0 atom stereocenters. The molecule has 0 aliphatic rings. The maximum absolute atomic E-state index is 10.9. The van der Waals surface area contributed by atoms with E-state index in [-0.39, 0.29) is 5.75 Å². The molecular weight excluding hydrogens is 356 g/mol. The van der Waals surface area contributed by atoms with Gasteiger partial charge in [0, 0.05) is 18.3 Å². The van der Waals surface area contributed by atoms with Crippen molar-refractivity contribution in [3.8, 4) is 11.4 Å². The summed E-state index contributed by atoms with van der Waals surface area (Å²) in [5.41, 5.74) is 3.46. The van der Waals surface area contributed by atoms with Crippen molar-refractivity contribution in [3.05, 3.63) is 35.0 Å². The van der Waals surface area contributed by atoms with Gasteiger partial charge in [0.2, 0.25) is 5.16 Å². The number of aryl methyl sites for hydroxylation is 3. The summed E-state index contributed by atoms with van der Waals surface area (Å²) in [5.74, 6) is 0.0914. The van der Waals surface area contributed by atoms with Gasteiger partial charge in [0.25, 0.3) is 0 Å². The summed E-state index contributed by atoms with van der Waals surface area (Å²) < 4.78 is 8.65. The molecule has 26 heavy (non-hydrogen) atoms. The highest BCUT2D eigenvalue weighted by Gasteiger charge is 2.18. The molecule has 0 fully saturated rings. The topological polar surface area (TPSA) is 111 Å². The van der Waals surface area contributed by atoms with Crippen LogP contribution in [0.15, 0.2) is 27.0 Å². The number of nitrogens with zero attached hydrogens (tertiary/aromatic N) is 6. The molecule has 3 heterocycles. The van der Waals surface area contributed by atoms with Gasteiger partial charge in [-0.25, -0.2) is 0 Å². The van der Waals surface area contributed by atoms with Crippen molar-refractivity contribution in [3.63, 3.8) is 0 Å². The summed E-state index contributed by atoms with van der Waals surface area (Å²) in [6.45, 7) is 5.67. The van der Waals surface area contributed by atoms with Crippen LogP contribution in [0, 0.1) is 20.8 Å². The Hall–Kier alpha value is -2.88. The molecule has 10 heteroatoms. The lowest BCUT2D eigenvalue weighted by atomic mass is 10.2. The highest BCUT2D eigenvalue weighted by atomic mass is 32.2. The van der Waals surface area contributed by atoms with E-state index in [9.17, 15) is 4.79 Å². The number of carboxylic acids is 1. The second-order valence-electron chi connectivity index (χ2n) is 5.64. The monoisotopic (exact) mass is 374 g/mol. The van der Waals surface area contributed by atoms with Crippen molar-refractivity contribution >= 4 is 23.9 Å². The van der Waals surface area contributed by atoms with Crippen molar-refractivity contribution in [2.45, 2.75) is 25.9 Å². The number of furan rings is 1. The largest absolute Gasteiger partial charge is 0.481 e. The van der Waals surface area contributed by atoms with E-state index in [1.54, 1.807) is 23.2 Å². The summed E-state index contributed by atoms with van der Waals surface area (Å²) in [7, 11) is 1.87. The van der Waals surface area contributed by atoms with Crippen LogP contribution in [0.25, 0.3) is 11.4 Å². The van der Waals surface area contributed by atoms with Crippen LogP contribution >= 0.6 is 11.8 Å². The van der Waals surface area contributed by atoms with Gasteiger partial charge in [-0.15, -0.1) is 10.2 Å². The van der Waals surface area contributed by atoms with Crippen molar-refractivity contribution in [1.29, 1.82) is 0 Å². The van der Waals surface area contributed by atoms with Crippen LogP contribution in [0.1, 0.15) is 22.7 Å². The van der Waals surface area contributed by atoms with Crippen LogP contribution in [0.3, 0.4) is 0 Å². The summed E-state index contributed by atoms with van der Waals surface area (Å²) in [5, 5.41) is 26.4. The Kier molecular flexibility index (Phi) is 4.94.